The van der Waals surface area contributed by atoms with E-state index in [1.54, 1.807) is 9.58 Å². The molecule has 0 saturated carbocycles. The summed E-state index contributed by atoms with van der Waals surface area (Å²) in [6.45, 7) is 7.34. The van der Waals surface area contributed by atoms with Crippen LogP contribution >= 0.6 is 0 Å². The van der Waals surface area contributed by atoms with Crippen LogP contribution in [0, 0.1) is 0 Å². The van der Waals surface area contributed by atoms with E-state index in [0.717, 1.165) is 0 Å². The molecule has 1 fully saturated rings. The van der Waals surface area contributed by atoms with Crippen LogP contribution in [0.4, 0.5) is 0 Å². The zero-order valence-electron chi connectivity index (χ0n) is 16.1. The number of hydrogen-bond acceptors (Lipinski definition) is 6. The Morgan fingerprint density at radius 3 is 2.81 bits per heavy atom. The van der Waals surface area contributed by atoms with Gasteiger partial charge in [0.2, 0.25) is 5.91 Å². The third-order valence-corrected chi connectivity index (χ3v) is 6.30. The van der Waals surface area contributed by atoms with Crippen LogP contribution in [0.15, 0.2) is 15.5 Å². The summed E-state index contributed by atoms with van der Waals surface area (Å²) in [5.41, 5.74) is 0.256. The number of rotatable bonds is 3. The van der Waals surface area contributed by atoms with Gasteiger partial charge in [-0.3, -0.25) is 14.3 Å². The number of carbonyl (C=O) groups excluding carboxylic acids is 2. The zero-order valence-corrected chi connectivity index (χ0v) is 17.0. The highest BCUT2D eigenvalue weighted by molar-refractivity contribution is 7.93. The Morgan fingerprint density at radius 1 is 1.41 bits per heavy atom. The summed E-state index contributed by atoms with van der Waals surface area (Å²) in [6.07, 6.45) is 2.85. The van der Waals surface area contributed by atoms with Crippen molar-refractivity contribution in [2.24, 2.45) is 4.36 Å². The van der Waals surface area contributed by atoms with E-state index in [-0.39, 0.29) is 25.0 Å². The molecule has 0 spiro atoms. The highest BCUT2D eigenvalue weighted by Crippen LogP contribution is 2.25. The van der Waals surface area contributed by atoms with Crippen LogP contribution in [0.5, 0.6) is 0 Å². The average Bonchev–Trinajstić information content (AvgIpc) is 2.96. The molecule has 2 aliphatic heterocycles. The van der Waals surface area contributed by atoms with E-state index >= 15 is 0 Å². The van der Waals surface area contributed by atoms with E-state index in [4.69, 9.17) is 9.47 Å². The minimum atomic E-state index is -2.89. The average molecular weight is 398 g/mol. The molecule has 2 aliphatic rings. The van der Waals surface area contributed by atoms with Crippen molar-refractivity contribution >= 4 is 21.5 Å². The summed E-state index contributed by atoms with van der Waals surface area (Å²) in [5, 5.41) is 4.24. The predicted molar refractivity (Wildman–Crippen MR) is 97.5 cm³/mol. The minimum Gasteiger partial charge on any atom is -0.376 e. The monoisotopic (exact) mass is 398 g/mol. The smallest absolute Gasteiger partial charge is 0.250 e. The summed E-state index contributed by atoms with van der Waals surface area (Å²) < 4.78 is 29.7. The lowest BCUT2D eigenvalue weighted by Gasteiger charge is -2.37. The maximum Gasteiger partial charge on any atom is 0.250 e. The molecule has 3 heterocycles. The summed E-state index contributed by atoms with van der Waals surface area (Å²) in [6, 6.07) is 0. The Balaban J connectivity index is 1.74. The molecule has 2 atom stereocenters. The van der Waals surface area contributed by atoms with Gasteiger partial charge in [-0.1, -0.05) is 0 Å². The first-order valence-electron chi connectivity index (χ1n) is 8.88. The van der Waals surface area contributed by atoms with Crippen molar-refractivity contribution < 1.29 is 23.3 Å². The maximum absolute atomic E-state index is 12.8. The molecule has 3 rings (SSSR count). The second kappa shape index (κ2) is 7.33. The Hall–Kier alpha value is -1.78. The molecular weight excluding hydrogens is 372 g/mol. The van der Waals surface area contributed by atoms with E-state index in [1.165, 1.54) is 19.4 Å². The molecule has 27 heavy (non-hydrogen) atoms. The van der Waals surface area contributed by atoms with E-state index in [0.29, 0.717) is 36.9 Å². The SMILES string of the molecule is CC(=O)N=S(C)(=O)c1cnn2c1CN(C(=O)CC1COCC(C)(C)O1)CC2. The summed E-state index contributed by atoms with van der Waals surface area (Å²) in [7, 11) is -2.89. The first kappa shape index (κ1) is 20.0. The molecule has 0 aromatic carbocycles. The fourth-order valence-electron chi connectivity index (χ4n) is 3.42. The molecule has 9 nitrogen and oxygen atoms in total. The van der Waals surface area contributed by atoms with E-state index < -0.39 is 21.2 Å². The van der Waals surface area contributed by atoms with E-state index in [1.807, 2.05) is 13.8 Å². The molecule has 150 valence electrons. The van der Waals surface area contributed by atoms with Crippen molar-refractivity contribution in [1.82, 2.24) is 14.7 Å². The van der Waals surface area contributed by atoms with Gasteiger partial charge < -0.3 is 14.4 Å². The van der Waals surface area contributed by atoms with Crippen molar-refractivity contribution in [1.29, 1.82) is 0 Å². The summed E-state index contributed by atoms with van der Waals surface area (Å²) in [4.78, 5) is 26.2. The fraction of sp³-hybridized carbons (Fsp3) is 0.706. The van der Waals surface area contributed by atoms with Gasteiger partial charge >= 0.3 is 0 Å². The van der Waals surface area contributed by atoms with E-state index in [9.17, 15) is 13.8 Å². The highest BCUT2D eigenvalue weighted by atomic mass is 32.2. The van der Waals surface area contributed by atoms with Crippen LogP contribution in [0.3, 0.4) is 0 Å². The van der Waals surface area contributed by atoms with Gasteiger partial charge in [0.15, 0.2) is 0 Å². The Morgan fingerprint density at radius 2 is 2.15 bits per heavy atom. The second-order valence-electron chi connectivity index (χ2n) is 7.63. The molecule has 0 bridgehead atoms. The number of nitrogens with zero attached hydrogens (tertiary/aromatic N) is 4. The van der Waals surface area contributed by atoms with Crippen LogP contribution in [0.2, 0.25) is 0 Å². The fourth-order valence-corrected chi connectivity index (χ4v) is 4.86. The molecule has 1 aromatic heterocycles. The van der Waals surface area contributed by atoms with Gasteiger partial charge in [0.05, 0.1) is 70.9 Å². The lowest BCUT2D eigenvalue weighted by atomic mass is 10.1. The zero-order chi connectivity index (χ0) is 19.8. The van der Waals surface area contributed by atoms with Gasteiger partial charge in [0.1, 0.15) is 0 Å². The summed E-state index contributed by atoms with van der Waals surface area (Å²) >= 11 is 0. The molecule has 1 saturated heterocycles. The van der Waals surface area contributed by atoms with Crippen molar-refractivity contribution in [2.45, 2.75) is 56.9 Å². The van der Waals surface area contributed by atoms with Gasteiger partial charge in [-0.15, -0.1) is 0 Å². The number of ether oxygens (including phenoxy) is 2. The third-order valence-electron chi connectivity index (χ3n) is 4.54. The van der Waals surface area contributed by atoms with Crippen LogP contribution < -0.4 is 0 Å². The Labute approximate surface area is 159 Å². The second-order valence-corrected chi connectivity index (χ2v) is 9.85. The van der Waals surface area contributed by atoms with Crippen LogP contribution in [0.1, 0.15) is 32.9 Å². The lowest BCUT2D eigenvalue weighted by molar-refractivity contribution is -0.187. The molecule has 0 radical (unpaired) electrons. The maximum atomic E-state index is 12.8. The largest absolute Gasteiger partial charge is 0.376 e. The van der Waals surface area contributed by atoms with Crippen molar-refractivity contribution in [3.63, 3.8) is 0 Å². The molecule has 0 aliphatic carbocycles. The van der Waals surface area contributed by atoms with Crippen molar-refractivity contribution in [2.75, 3.05) is 26.0 Å². The van der Waals surface area contributed by atoms with Crippen LogP contribution in [0.25, 0.3) is 0 Å². The summed E-state index contributed by atoms with van der Waals surface area (Å²) in [5.74, 6) is -0.547. The van der Waals surface area contributed by atoms with Gasteiger partial charge in [-0.25, -0.2) is 4.21 Å². The lowest BCUT2D eigenvalue weighted by Crippen LogP contribution is -2.46. The number of carbonyl (C=O) groups is 2. The quantitative estimate of drug-likeness (QED) is 0.747. The van der Waals surface area contributed by atoms with Gasteiger partial charge in [0.25, 0.3) is 5.91 Å². The molecule has 0 N–H and O–H groups in total. The van der Waals surface area contributed by atoms with Crippen molar-refractivity contribution in [3.05, 3.63) is 11.9 Å². The molecular formula is C17H26N4O5S. The number of amides is 2. The molecule has 2 unspecified atom stereocenters. The van der Waals surface area contributed by atoms with E-state index in [2.05, 4.69) is 9.46 Å². The molecule has 2 amide bonds. The van der Waals surface area contributed by atoms with Gasteiger partial charge in [-0.05, 0) is 13.8 Å². The Bertz CT molecular complexity index is 869. The molecule has 10 heteroatoms. The third kappa shape index (κ3) is 4.56. The predicted octanol–water partition coefficient (Wildman–Crippen LogP) is 0.813. The van der Waals surface area contributed by atoms with Crippen LogP contribution in [-0.4, -0.2) is 68.4 Å². The number of fused-ring (bicyclic) bond motifs is 1. The number of aromatic nitrogens is 2. The highest BCUT2D eigenvalue weighted by Gasteiger charge is 2.33. The van der Waals surface area contributed by atoms with Gasteiger partial charge in [0, 0.05) is 19.7 Å². The standard InChI is InChI=1S/C17H26N4O5S/c1-12(22)19-27(4,24)15-8-18-21-6-5-20(9-14(15)21)16(23)7-13-10-25-11-17(2,3)26-13/h8,13H,5-7,9-11H2,1-4H3. The first-order valence-corrected chi connectivity index (χ1v) is 10.8. The molecule has 1 aromatic rings. The topological polar surface area (TPSA) is 103 Å². The normalized spacial score (nSPS) is 24.0. The van der Waals surface area contributed by atoms with Crippen molar-refractivity contribution in [3.8, 4) is 0 Å². The number of hydrogen-bond donors (Lipinski definition) is 0. The Kier molecular flexibility index (Phi) is 5.42. The van der Waals surface area contributed by atoms with Gasteiger partial charge in [-0.2, -0.15) is 9.46 Å². The van der Waals surface area contributed by atoms with Crippen LogP contribution in [-0.2, 0) is 41.9 Å². The minimum absolute atomic E-state index is 0.0502. The first-order chi connectivity index (χ1) is 12.6.